The molecule has 2 saturated heterocycles. The molecule has 2 heterocycles. The van der Waals surface area contributed by atoms with Gasteiger partial charge in [-0.15, -0.1) is 0 Å². The molecule has 1 aromatic rings. The Bertz CT molecular complexity index is 1090. The largest absolute Gasteiger partial charge is 0.480 e. The number of nitrogens with one attached hydrogen (secondary N) is 4. The standard InChI is InChI=1S/C27H37N5O8/c33-22(15-30-24(35)18-4-6-19(7-5-18)26(37)38)31-21(27(39)40)14-29-25(36)20-2-1-13-32(16-20)23(34)8-3-17-9-11-28-12-10-17/h4-7,17,20-21,28H,1-3,8-16H2,(H,29,36)(H,30,35)(H,31,33)(H,37,38)(H,39,40)/t20-,21-/m1/s1. The number of carbonyl (C=O) groups excluding carboxylic acids is 4. The van der Waals surface area contributed by atoms with Crippen LogP contribution in [0.3, 0.4) is 0 Å². The second-order valence-corrected chi connectivity index (χ2v) is 10.2. The van der Waals surface area contributed by atoms with Crippen molar-refractivity contribution in [2.24, 2.45) is 11.8 Å². The molecule has 0 spiro atoms. The lowest BCUT2D eigenvalue weighted by molar-refractivity contribution is -0.141. The van der Waals surface area contributed by atoms with Gasteiger partial charge >= 0.3 is 11.9 Å². The van der Waals surface area contributed by atoms with Crippen LogP contribution in [0.5, 0.6) is 0 Å². The molecule has 0 saturated carbocycles. The highest BCUT2D eigenvalue weighted by Crippen LogP contribution is 2.21. The number of carboxylic acids is 2. The van der Waals surface area contributed by atoms with Crippen molar-refractivity contribution in [2.75, 3.05) is 39.3 Å². The van der Waals surface area contributed by atoms with Gasteiger partial charge < -0.3 is 36.4 Å². The van der Waals surface area contributed by atoms with Crippen LogP contribution >= 0.6 is 0 Å². The van der Waals surface area contributed by atoms with Gasteiger partial charge in [-0.05, 0) is 75.4 Å². The number of nitrogens with zero attached hydrogens (tertiary/aromatic N) is 1. The minimum absolute atomic E-state index is 0.000734. The molecule has 218 valence electrons. The normalized spacial score (nSPS) is 18.3. The molecule has 0 radical (unpaired) electrons. The minimum atomic E-state index is -1.42. The lowest BCUT2D eigenvalue weighted by atomic mass is 9.92. The van der Waals surface area contributed by atoms with Gasteiger partial charge in [-0.25, -0.2) is 9.59 Å². The molecule has 2 atom stereocenters. The Morgan fingerprint density at radius 1 is 0.950 bits per heavy atom. The first-order chi connectivity index (χ1) is 19.1. The first-order valence-corrected chi connectivity index (χ1v) is 13.5. The molecule has 0 unspecified atom stereocenters. The van der Waals surface area contributed by atoms with Crippen molar-refractivity contribution >= 4 is 35.6 Å². The van der Waals surface area contributed by atoms with E-state index >= 15 is 0 Å². The van der Waals surface area contributed by atoms with Crippen LogP contribution in [0.4, 0.5) is 0 Å². The molecule has 0 aromatic heterocycles. The van der Waals surface area contributed by atoms with Crippen molar-refractivity contribution in [3.8, 4) is 0 Å². The summed E-state index contributed by atoms with van der Waals surface area (Å²) in [6, 6.07) is 3.66. The number of aromatic carboxylic acids is 1. The Hall–Kier alpha value is -4.00. The summed E-state index contributed by atoms with van der Waals surface area (Å²) in [5.41, 5.74) is 0.131. The smallest absolute Gasteiger partial charge is 0.335 e. The van der Waals surface area contributed by atoms with Gasteiger partial charge in [-0.2, -0.15) is 0 Å². The van der Waals surface area contributed by atoms with E-state index in [1.165, 1.54) is 24.3 Å². The van der Waals surface area contributed by atoms with Crippen molar-refractivity contribution in [3.63, 3.8) is 0 Å². The van der Waals surface area contributed by atoms with E-state index in [-0.39, 0.29) is 36.0 Å². The zero-order chi connectivity index (χ0) is 29.1. The van der Waals surface area contributed by atoms with E-state index in [2.05, 4.69) is 21.3 Å². The lowest BCUT2D eigenvalue weighted by Gasteiger charge is -2.33. The van der Waals surface area contributed by atoms with Gasteiger partial charge in [0.05, 0.1) is 18.0 Å². The zero-order valence-electron chi connectivity index (χ0n) is 22.3. The quantitative estimate of drug-likeness (QED) is 0.201. The van der Waals surface area contributed by atoms with E-state index in [9.17, 15) is 33.9 Å². The van der Waals surface area contributed by atoms with Crippen molar-refractivity contribution < 1.29 is 39.0 Å². The fourth-order valence-corrected chi connectivity index (χ4v) is 4.89. The molecule has 13 heteroatoms. The highest BCUT2D eigenvalue weighted by Gasteiger charge is 2.30. The molecule has 3 rings (SSSR count). The maximum absolute atomic E-state index is 12.8. The summed E-state index contributed by atoms with van der Waals surface area (Å²) >= 11 is 0. The fourth-order valence-electron chi connectivity index (χ4n) is 4.89. The fraction of sp³-hybridized carbons (Fsp3) is 0.556. The van der Waals surface area contributed by atoms with Gasteiger partial charge in [0.15, 0.2) is 0 Å². The van der Waals surface area contributed by atoms with E-state index in [0.717, 1.165) is 32.4 Å². The molecule has 4 amide bonds. The maximum atomic E-state index is 12.8. The average molecular weight is 560 g/mol. The minimum Gasteiger partial charge on any atom is -0.480 e. The monoisotopic (exact) mass is 559 g/mol. The predicted molar refractivity (Wildman–Crippen MR) is 142 cm³/mol. The number of carbonyl (C=O) groups is 6. The first-order valence-electron chi connectivity index (χ1n) is 13.5. The summed E-state index contributed by atoms with van der Waals surface area (Å²) in [4.78, 5) is 74.2. The second-order valence-electron chi connectivity index (χ2n) is 10.2. The van der Waals surface area contributed by atoms with E-state index in [4.69, 9.17) is 5.11 Å². The Morgan fingerprint density at radius 3 is 2.27 bits per heavy atom. The van der Waals surface area contributed by atoms with Crippen LogP contribution in [0.2, 0.25) is 0 Å². The Balaban J connectivity index is 1.41. The maximum Gasteiger partial charge on any atom is 0.335 e. The van der Waals surface area contributed by atoms with Crippen LogP contribution < -0.4 is 21.3 Å². The molecule has 6 N–H and O–H groups in total. The number of aliphatic carboxylic acids is 1. The van der Waals surface area contributed by atoms with E-state index in [1.54, 1.807) is 4.90 Å². The van der Waals surface area contributed by atoms with E-state index in [1.807, 2.05) is 0 Å². The van der Waals surface area contributed by atoms with Crippen LogP contribution in [0.1, 0.15) is 59.2 Å². The van der Waals surface area contributed by atoms with Crippen molar-refractivity contribution in [2.45, 2.75) is 44.6 Å². The highest BCUT2D eigenvalue weighted by atomic mass is 16.4. The van der Waals surface area contributed by atoms with Crippen molar-refractivity contribution in [1.82, 2.24) is 26.2 Å². The summed E-state index contributed by atoms with van der Waals surface area (Å²) in [7, 11) is 0. The van der Waals surface area contributed by atoms with Gasteiger partial charge in [0.1, 0.15) is 6.04 Å². The number of rotatable bonds is 12. The summed E-state index contributed by atoms with van der Waals surface area (Å²) in [5.74, 6) is -4.19. The van der Waals surface area contributed by atoms with Gasteiger partial charge in [-0.1, -0.05) is 0 Å². The molecule has 13 nitrogen and oxygen atoms in total. The van der Waals surface area contributed by atoms with Crippen LogP contribution in [0.25, 0.3) is 0 Å². The van der Waals surface area contributed by atoms with Gasteiger partial charge in [0.2, 0.25) is 17.7 Å². The number of carboxylic acid groups (broad SMARTS) is 2. The van der Waals surface area contributed by atoms with Crippen LogP contribution in [0.15, 0.2) is 24.3 Å². The molecule has 2 aliphatic heterocycles. The summed E-state index contributed by atoms with van der Waals surface area (Å²) in [6.07, 6.45) is 4.67. The van der Waals surface area contributed by atoms with Crippen LogP contribution in [0, 0.1) is 11.8 Å². The number of benzene rings is 1. The third kappa shape index (κ3) is 9.33. The summed E-state index contributed by atoms with van der Waals surface area (Å²) in [6.45, 7) is 1.95. The lowest BCUT2D eigenvalue weighted by Crippen LogP contribution is -2.52. The van der Waals surface area contributed by atoms with Gasteiger partial charge in [-0.3, -0.25) is 19.2 Å². The number of likely N-dealkylation sites (tertiary alicyclic amines) is 1. The molecule has 0 aliphatic carbocycles. The number of hydrogen-bond acceptors (Lipinski definition) is 7. The molecule has 1 aromatic carbocycles. The Morgan fingerprint density at radius 2 is 1.62 bits per heavy atom. The van der Waals surface area contributed by atoms with Crippen LogP contribution in [-0.2, 0) is 19.2 Å². The van der Waals surface area contributed by atoms with Crippen molar-refractivity contribution in [1.29, 1.82) is 0 Å². The molecule has 40 heavy (non-hydrogen) atoms. The first kappa shape index (κ1) is 30.5. The third-order valence-corrected chi connectivity index (χ3v) is 7.29. The van der Waals surface area contributed by atoms with E-state index < -0.39 is 42.3 Å². The number of piperidine rings is 2. The third-order valence-electron chi connectivity index (χ3n) is 7.29. The van der Waals surface area contributed by atoms with Gasteiger partial charge in [0.25, 0.3) is 5.91 Å². The number of hydrogen-bond donors (Lipinski definition) is 6. The molecule has 0 bridgehead atoms. The molecular weight excluding hydrogens is 522 g/mol. The average Bonchev–Trinajstić information content (AvgIpc) is 2.97. The number of amides is 4. The zero-order valence-corrected chi connectivity index (χ0v) is 22.3. The van der Waals surface area contributed by atoms with Crippen LogP contribution in [-0.4, -0.2) is 96.0 Å². The molecular formula is C27H37N5O8. The van der Waals surface area contributed by atoms with Crippen molar-refractivity contribution in [3.05, 3.63) is 35.4 Å². The predicted octanol–water partition coefficient (Wildman–Crippen LogP) is -0.181. The second kappa shape index (κ2) is 15.0. The topological polar surface area (TPSA) is 194 Å². The SMILES string of the molecule is O=C(CNC(=O)c1ccc(C(=O)O)cc1)N[C@H](CNC(=O)[C@@H]1CCCN(C(=O)CCC2CCNCC2)C1)C(=O)O. The molecule has 2 fully saturated rings. The summed E-state index contributed by atoms with van der Waals surface area (Å²) in [5, 5.41) is 28.9. The van der Waals surface area contributed by atoms with E-state index in [0.29, 0.717) is 31.7 Å². The summed E-state index contributed by atoms with van der Waals surface area (Å²) < 4.78 is 0. The highest BCUT2D eigenvalue weighted by molar-refractivity contribution is 5.98. The molecule has 2 aliphatic rings. The Labute approximate surface area is 232 Å². The Kier molecular flexibility index (Phi) is 11.4. The van der Waals surface area contributed by atoms with Gasteiger partial charge in [0, 0.05) is 31.6 Å².